The highest BCUT2D eigenvalue weighted by atomic mass is 35.5. The quantitative estimate of drug-likeness (QED) is 0.445. The normalized spacial score (nSPS) is 14.6. The number of nitro benzene ring substituents is 1. The lowest BCUT2D eigenvalue weighted by molar-refractivity contribution is -0.384. The van der Waals surface area contributed by atoms with E-state index in [0.717, 1.165) is 49.0 Å². The standard InChI is InChI=1S/C21H22ClN5O5/c1-2-24-7-9-25(10-8-24)17-5-3-14(22)11-16(17)23-20(28)13-26-18-6-4-15(27(30)31)12-19(18)32-21(26)29/h3-6,11-12H,2,7-10,13H2,1H3,(H,23,28). The van der Waals surface area contributed by atoms with Gasteiger partial charge >= 0.3 is 5.76 Å². The maximum atomic E-state index is 12.8. The molecule has 3 aromatic rings. The zero-order valence-electron chi connectivity index (χ0n) is 17.4. The highest BCUT2D eigenvalue weighted by Gasteiger charge is 2.21. The van der Waals surface area contributed by atoms with Crippen molar-refractivity contribution in [3.63, 3.8) is 0 Å². The second kappa shape index (κ2) is 9.01. The SMILES string of the molecule is CCN1CCN(c2ccc(Cl)cc2NC(=O)Cn2c(=O)oc3cc([N+](=O)[O-])ccc32)CC1. The van der Waals surface area contributed by atoms with Gasteiger partial charge in [0.1, 0.15) is 6.54 Å². The highest BCUT2D eigenvalue weighted by Crippen LogP contribution is 2.30. The summed E-state index contributed by atoms with van der Waals surface area (Å²) in [7, 11) is 0. The molecule has 1 N–H and O–H groups in total. The Labute approximate surface area is 188 Å². The van der Waals surface area contributed by atoms with E-state index in [2.05, 4.69) is 22.0 Å². The van der Waals surface area contributed by atoms with E-state index in [9.17, 15) is 19.7 Å². The van der Waals surface area contributed by atoms with Crippen LogP contribution in [0.15, 0.2) is 45.6 Å². The van der Waals surface area contributed by atoms with Crippen LogP contribution in [0.3, 0.4) is 0 Å². The molecule has 1 aliphatic rings. The number of aromatic nitrogens is 1. The fourth-order valence-electron chi connectivity index (χ4n) is 3.84. The van der Waals surface area contributed by atoms with E-state index in [1.54, 1.807) is 12.1 Å². The molecule has 1 amide bonds. The average molecular weight is 460 g/mol. The summed E-state index contributed by atoms with van der Waals surface area (Å²) in [4.78, 5) is 40.0. The number of hydrogen-bond acceptors (Lipinski definition) is 7. The van der Waals surface area contributed by atoms with Crippen LogP contribution < -0.4 is 16.0 Å². The van der Waals surface area contributed by atoms with Crippen molar-refractivity contribution < 1.29 is 14.1 Å². The lowest BCUT2D eigenvalue weighted by atomic mass is 10.2. The van der Waals surface area contributed by atoms with E-state index in [-0.39, 0.29) is 17.8 Å². The van der Waals surface area contributed by atoms with Crippen LogP contribution >= 0.6 is 11.6 Å². The Morgan fingerprint density at radius 1 is 1.19 bits per heavy atom. The number of piperazine rings is 1. The summed E-state index contributed by atoms with van der Waals surface area (Å²) in [5, 5.41) is 14.3. The predicted molar refractivity (Wildman–Crippen MR) is 122 cm³/mol. The number of rotatable bonds is 6. The van der Waals surface area contributed by atoms with Crippen molar-refractivity contribution >= 4 is 45.7 Å². The molecular formula is C21H22ClN5O5. The van der Waals surface area contributed by atoms with Crippen molar-refractivity contribution in [2.75, 3.05) is 42.9 Å². The Hall–Kier alpha value is -3.37. The number of fused-ring (bicyclic) bond motifs is 1. The highest BCUT2D eigenvalue weighted by molar-refractivity contribution is 6.31. The number of halogens is 1. The summed E-state index contributed by atoms with van der Waals surface area (Å²) in [5.41, 5.74) is 1.57. The minimum absolute atomic E-state index is 0.0502. The van der Waals surface area contributed by atoms with Gasteiger partial charge in [0.25, 0.3) is 5.69 Å². The smallest absolute Gasteiger partial charge is 0.407 e. The summed E-state index contributed by atoms with van der Waals surface area (Å²) in [5.74, 6) is -1.21. The van der Waals surface area contributed by atoms with Gasteiger partial charge in [0.2, 0.25) is 5.91 Å². The Morgan fingerprint density at radius 3 is 2.62 bits per heavy atom. The molecule has 1 aromatic heterocycles. The number of nitrogens with one attached hydrogen (secondary N) is 1. The number of oxazole rings is 1. The van der Waals surface area contributed by atoms with Gasteiger partial charge in [-0.3, -0.25) is 19.5 Å². The lowest BCUT2D eigenvalue weighted by Gasteiger charge is -2.36. The van der Waals surface area contributed by atoms with Crippen molar-refractivity contribution in [1.29, 1.82) is 0 Å². The number of anilines is 2. The van der Waals surface area contributed by atoms with Crippen LogP contribution in [-0.2, 0) is 11.3 Å². The molecule has 1 fully saturated rings. The number of nitro groups is 1. The zero-order valence-corrected chi connectivity index (χ0v) is 18.2. The summed E-state index contributed by atoms with van der Waals surface area (Å²) >= 11 is 6.17. The number of benzene rings is 2. The monoisotopic (exact) mass is 459 g/mol. The first kappa shape index (κ1) is 21.8. The molecule has 0 bridgehead atoms. The molecule has 0 aliphatic carbocycles. The average Bonchev–Trinajstić information content (AvgIpc) is 3.08. The van der Waals surface area contributed by atoms with E-state index in [1.807, 2.05) is 6.07 Å². The number of hydrogen-bond donors (Lipinski definition) is 1. The number of carbonyl (C=O) groups is 1. The van der Waals surface area contributed by atoms with Crippen molar-refractivity contribution in [3.05, 3.63) is 62.1 Å². The molecule has 2 heterocycles. The molecule has 0 radical (unpaired) electrons. The van der Waals surface area contributed by atoms with E-state index >= 15 is 0 Å². The number of amides is 1. The molecule has 0 spiro atoms. The molecule has 4 rings (SSSR count). The van der Waals surface area contributed by atoms with Crippen molar-refractivity contribution in [2.24, 2.45) is 0 Å². The first-order chi connectivity index (χ1) is 15.4. The molecule has 0 unspecified atom stereocenters. The second-order valence-electron chi connectivity index (χ2n) is 7.49. The summed E-state index contributed by atoms with van der Waals surface area (Å²) in [6.07, 6.45) is 0. The van der Waals surface area contributed by atoms with E-state index in [1.165, 1.54) is 12.1 Å². The fraction of sp³-hybridized carbons (Fsp3) is 0.333. The van der Waals surface area contributed by atoms with Gasteiger partial charge < -0.3 is 19.5 Å². The predicted octanol–water partition coefficient (Wildman–Crippen LogP) is 2.94. The minimum Gasteiger partial charge on any atom is -0.407 e. The van der Waals surface area contributed by atoms with Gasteiger partial charge in [-0.2, -0.15) is 0 Å². The van der Waals surface area contributed by atoms with Crippen molar-refractivity contribution in [2.45, 2.75) is 13.5 Å². The third kappa shape index (κ3) is 4.46. The molecule has 1 saturated heterocycles. The Bertz CT molecular complexity index is 1230. The van der Waals surface area contributed by atoms with Crippen LogP contribution in [0.1, 0.15) is 6.92 Å². The van der Waals surface area contributed by atoms with Gasteiger partial charge in [-0.1, -0.05) is 18.5 Å². The van der Waals surface area contributed by atoms with Crippen LogP contribution in [-0.4, -0.2) is 53.0 Å². The Kier molecular flexibility index (Phi) is 6.15. The minimum atomic E-state index is -0.766. The first-order valence-corrected chi connectivity index (χ1v) is 10.6. The van der Waals surface area contributed by atoms with Crippen molar-refractivity contribution in [3.8, 4) is 0 Å². The van der Waals surface area contributed by atoms with Crippen molar-refractivity contribution in [1.82, 2.24) is 9.47 Å². The van der Waals surface area contributed by atoms with Crippen LogP contribution in [0.2, 0.25) is 5.02 Å². The van der Waals surface area contributed by atoms with Gasteiger partial charge in [0.15, 0.2) is 5.58 Å². The number of nitrogens with zero attached hydrogens (tertiary/aromatic N) is 4. The van der Waals surface area contributed by atoms with E-state index in [4.69, 9.17) is 16.0 Å². The molecule has 2 aromatic carbocycles. The van der Waals surface area contributed by atoms with Gasteiger partial charge in [-0.25, -0.2) is 4.79 Å². The molecule has 0 saturated carbocycles. The van der Waals surface area contributed by atoms with E-state index < -0.39 is 16.6 Å². The Balaban J connectivity index is 1.55. The third-order valence-corrected chi connectivity index (χ3v) is 5.79. The van der Waals surface area contributed by atoms with E-state index in [0.29, 0.717) is 16.2 Å². The number of likely N-dealkylation sites (N-methyl/N-ethyl adjacent to an activating group) is 1. The number of carbonyl (C=O) groups excluding carboxylic acids is 1. The molecule has 10 nitrogen and oxygen atoms in total. The zero-order chi connectivity index (χ0) is 22.8. The summed E-state index contributed by atoms with van der Waals surface area (Å²) in [6, 6.07) is 9.15. The largest absolute Gasteiger partial charge is 0.420 e. The molecule has 32 heavy (non-hydrogen) atoms. The van der Waals surface area contributed by atoms with Crippen LogP contribution in [0.25, 0.3) is 11.1 Å². The first-order valence-electron chi connectivity index (χ1n) is 10.2. The molecule has 0 atom stereocenters. The second-order valence-corrected chi connectivity index (χ2v) is 7.93. The summed E-state index contributed by atoms with van der Waals surface area (Å²) < 4.78 is 6.23. The number of non-ortho nitro benzene ring substituents is 1. The van der Waals surface area contributed by atoms with Gasteiger partial charge in [-0.05, 0) is 30.8 Å². The Morgan fingerprint density at radius 2 is 1.94 bits per heavy atom. The topological polar surface area (TPSA) is 114 Å². The fourth-order valence-corrected chi connectivity index (χ4v) is 4.01. The van der Waals surface area contributed by atoms with Gasteiger partial charge in [-0.15, -0.1) is 0 Å². The molecular weight excluding hydrogens is 438 g/mol. The van der Waals surface area contributed by atoms with Crippen LogP contribution in [0, 0.1) is 10.1 Å². The molecule has 168 valence electrons. The van der Waals surface area contributed by atoms with Crippen LogP contribution in [0.4, 0.5) is 17.1 Å². The lowest BCUT2D eigenvalue weighted by Crippen LogP contribution is -2.46. The third-order valence-electron chi connectivity index (χ3n) is 5.56. The molecule has 1 aliphatic heterocycles. The van der Waals surface area contributed by atoms with Gasteiger partial charge in [0, 0.05) is 37.3 Å². The maximum Gasteiger partial charge on any atom is 0.420 e. The van der Waals surface area contributed by atoms with Gasteiger partial charge in [0.05, 0.1) is 27.9 Å². The maximum absolute atomic E-state index is 12.8. The summed E-state index contributed by atoms with van der Waals surface area (Å²) in [6.45, 7) is 6.31. The molecule has 11 heteroatoms. The van der Waals surface area contributed by atoms with Crippen LogP contribution in [0.5, 0.6) is 0 Å².